The lowest BCUT2D eigenvalue weighted by Crippen LogP contribution is -2.27. The molecule has 0 unspecified atom stereocenters. The summed E-state index contributed by atoms with van der Waals surface area (Å²) in [6.45, 7) is 9.15. The van der Waals surface area contributed by atoms with Crippen LogP contribution < -0.4 is 10.1 Å². The van der Waals surface area contributed by atoms with E-state index in [0.717, 1.165) is 69.5 Å². The summed E-state index contributed by atoms with van der Waals surface area (Å²) in [7, 11) is 0. The van der Waals surface area contributed by atoms with Crippen LogP contribution in [0, 0.1) is 11.2 Å². The molecule has 0 bridgehead atoms. The molecule has 0 aliphatic carbocycles. The highest BCUT2D eigenvalue weighted by atomic mass is 19.1. The average Bonchev–Trinajstić information content (AvgIpc) is 3.80. The lowest BCUT2D eigenvalue weighted by molar-refractivity contribution is -0.123. The number of nitrogens with zero attached hydrogens (tertiary/aromatic N) is 4. The third-order valence-corrected chi connectivity index (χ3v) is 8.43. The van der Waals surface area contributed by atoms with Crippen molar-refractivity contribution in [2.75, 3.05) is 31.6 Å². The number of likely N-dealkylation sites (tertiary alicyclic amines) is 1. The zero-order valence-corrected chi connectivity index (χ0v) is 26.2. The number of pyridine rings is 2. The maximum absolute atomic E-state index is 14.8. The Kier molecular flexibility index (Phi) is 7.74. The van der Waals surface area contributed by atoms with Gasteiger partial charge < -0.3 is 15.0 Å². The van der Waals surface area contributed by atoms with Crippen LogP contribution in [0.25, 0.3) is 55.4 Å². The summed E-state index contributed by atoms with van der Waals surface area (Å²) in [5.74, 6) is 0.0688. The second kappa shape index (κ2) is 12.0. The number of fused-ring (bicyclic) bond motifs is 2. The number of nitrogens with one attached hydrogen (secondary N) is 3. The Morgan fingerprint density at radius 2 is 1.74 bits per heavy atom. The molecule has 0 radical (unpaired) electrons. The number of aromatic nitrogens is 5. The molecule has 234 valence electrons. The standard InChI is InChI=1S/C36H36FN7O2/c1-36(2,3)35(45)40-26-13-24(18-38-19-26)22-6-7-31-29(15-22)34(43-42-31)32-17-28-30(20-39-21-33(28)41-32)23-12-25(37)16-27(14-23)46-11-10-44-8-4-5-9-44/h6-7,12-21,41H,4-5,8-11H2,1-3H3,(H,40,45)(H,42,43). The molecular weight excluding hydrogens is 581 g/mol. The summed E-state index contributed by atoms with van der Waals surface area (Å²) in [5, 5.41) is 12.6. The highest BCUT2D eigenvalue weighted by Gasteiger charge is 2.22. The first-order valence-corrected chi connectivity index (χ1v) is 15.6. The molecule has 46 heavy (non-hydrogen) atoms. The summed E-state index contributed by atoms with van der Waals surface area (Å²) in [6.07, 6.45) is 9.38. The number of hydrogen-bond donors (Lipinski definition) is 3. The van der Waals surface area contributed by atoms with Crippen molar-refractivity contribution in [3.8, 4) is 39.4 Å². The maximum Gasteiger partial charge on any atom is 0.229 e. The number of aromatic amines is 2. The number of hydrogen-bond acceptors (Lipinski definition) is 6. The molecule has 4 aromatic heterocycles. The van der Waals surface area contributed by atoms with Crippen LogP contribution in [0.15, 0.2) is 73.3 Å². The minimum atomic E-state index is -0.520. The molecule has 0 spiro atoms. The zero-order chi connectivity index (χ0) is 31.8. The summed E-state index contributed by atoms with van der Waals surface area (Å²) >= 11 is 0. The van der Waals surface area contributed by atoms with Crippen LogP contribution in [0.2, 0.25) is 0 Å². The van der Waals surface area contributed by atoms with Crippen LogP contribution in [0.4, 0.5) is 10.1 Å². The number of halogens is 1. The Bertz CT molecular complexity index is 2050. The van der Waals surface area contributed by atoms with Crippen LogP contribution in [-0.2, 0) is 4.79 Å². The topological polar surface area (TPSA) is 112 Å². The van der Waals surface area contributed by atoms with E-state index in [-0.39, 0.29) is 11.7 Å². The Balaban J connectivity index is 1.19. The first-order valence-electron chi connectivity index (χ1n) is 15.6. The molecule has 1 saturated heterocycles. The first-order chi connectivity index (χ1) is 22.2. The molecular formula is C36H36FN7O2. The van der Waals surface area contributed by atoms with Crippen LogP contribution in [0.1, 0.15) is 33.6 Å². The minimum absolute atomic E-state index is 0.0776. The van der Waals surface area contributed by atoms with E-state index < -0.39 is 5.41 Å². The predicted molar refractivity (Wildman–Crippen MR) is 179 cm³/mol. The van der Waals surface area contributed by atoms with Crippen molar-refractivity contribution in [1.29, 1.82) is 0 Å². The molecule has 0 saturated carbocycles. The minimum Gasteiger partial charge on any atom is -0.492 e. The van der Waals surface area contributed by atoms with Crippen molar-refractivity contribution in [2.45, 2.75) is 33.6 Å². The quantitative estimate of drug-likeness (QED) is 0.164. The molecule has 1 fully saturated rings. The van der Waals surface area contributed by atoms with Gasteiger partial charge in [-0.3, -0.25) is 24.8 Å². The van der Waals surface area contributed by atoms with Crippen molar-refractivity contribution >= 4 is 33.4 Å². The third-order valence-electron chi connectivity index (χ3n) is 8.43. The Morgan fingerprint density at radius 3 is 2.57 bits per heavy atom. The van der Waals surface area contributed by atoms with Gasteiger partial charge >= 0.3 is 0 Å². The van der Waals surface area contributed by atoms with Gasteiger partial charge in [-0.2, -0.15) is 5.10 Å². The number of amides is 1. The first kappa shape index (κ1) is 29.6. The van der Waals surface area contributed by atoms with Gasteiger partial charge in [0.25, 0.3) is 0 Å². The Labute approximate surface area is 266 Å². The van der Waals surface area contributed by atoms with Crippen LogP contribution in [0.3, 0.4) is 0 Å². The van der Waals surface area contributed by atoms with Gasteiger partial charge in [0, 0.05) is 52.3 Å². The Morgan fingerprint density at radius 1 is 0.913 bits per heavy atom. The van der Waals surface area contributed by atoms with E-state index in [4.69, 9.17) is 4.74 Å². The van der Waals surface area contributed by atoms with Gasteiger partial charge in [-0.15, -0.1) is 0 Å². The average molecular weight is 618 g/mol. The SMILES string of the molecule is CC(C)(C)C(=O)Nc1cncc(-c2ccc3[nH]nc(-c4cc5c(-c6cc(F)cc(OCCN7CCCC7)c6)cncc5[nH]4)c3c2)c1. The van der Waals surface area contributed by atoms with Crippen molar-refractivity contribution in [3.63, 3.8) is 0 Å². The largest absolute Gasteiger partial charge is 0.492 e. The molecule has 1 aliphatic heterocycles. The summed E-state index contributed by atoms with van der Waals surface area (Å²) < 4.78 is 20.8. The van der Waals surface area contributed by atoms with Gasteiger partial charge in [0.15, 0.2) is 0 Å². The summed E-state index contributed by atoms with van der Waals surface area (Å²) in [6, 6.07) is 14.8. The number of rotatable bonds is 8. The molecule has 1 aliphatic rings. The summed E-state index contributed by atoms with van der Waals surface area (Å²) in [5.41, 5.74) is 6.65. The van der Waals surface area contributed by atoms with Gasteiger partial charge in [-0.05, 0) is 73.5 Å². The lowest BCUT2D eigenvalue weighted by atomic mass is 9.95. The highest BCUT2D eigenvalue weighted by Crippen LogP contribution is 2.36. The fourth-order valence-corrected chi connectivity index (χ4v) is 5.89. The van der Waals surface area contributed by atoms with E-state index in [1.807, 2.05) is 51.1 Å². The van der Waals surface area contributed by atoms with Crippen molar-refractivity contribution in [3.05, 3.63) is 79.1 Å². The maximum atomic E-state index is 14.8. The zero-order valence-electron chi connectivity index (χ0n) is 26.2. The van der Waals surface area contributed by atoms with Crippen LogP contribution in [-0.4, -0.2) is 62.2 Å². The van der Waals surface area contributed by atoms with E-state index in [1.165, 1.54) is 25.0 Å². The number of benzene rings is 2. The van der Waals surface area contributed by atoms with E-state index in [2.05, 4.69) is 41.4 Å². The van der Waals surface area contributed by atoms with Gasteiger partial charge in [-0.1, -0.05) is 26.8 Å². The van der Waals surface area contributed by atoms with Crippen molar-refractivity contribution < 1.29 is 13.9 Å². The van der Waals surface area contributed by atoms with E-state index in [1.54, 1.807) is 24.8 Å². The molecule has 10 heteroatoms. The molecule has 1 amide bonds. The number of ether oxygens (including phenoxy) is 1. The molecule has 9 nitrogen and oxygen atoms in total. The normalized spacial score (nSPS) is 13.9. The van der Waals surface area contributed by atoms with Gasteiger partial charge in [0.05, 0.1) is 34.8 Å². The van der Waals surface area contributed by atoms with Crippen LogP contribution >= 0.6 is 0 Å². The molecule has 0 atom stereocenters. The van der Waals surface area contributed by atoms with Crippen molar-refractivity contribution in [1.82, 2.24) is 30.0 Å². The summed E-state index contributed by atoms with van der Waals surface area (Å²) in [4.78, 5) is 27.2. The molecule has 7 rings (SSSR count). The molecule has 2 aromatic carbocycles. The van der Waals surface area contributed by atoms with E-state index in [9.17, 15) is 9.18 Å². The third kappa shape index (κ3) is 6.08. The molecule has 3 N–H and O–H groups in total. The molecule has 6 aromatic rings. The number of H-pyrrole nitrogens is 2. The van der Waals surface area contributed by atoms with Gasteiger partial charge in [0.2, 0.25) is 5.91 Å². The number of carbonyl (C=O) groups excluding carboxylic acids is 1. The van der Waals surface area contributed by atoms with E-state index >= 15 is 0 Å². The smallest absolute Gasteiger partial charge is 0.229 e. The second-order valence-corrected chi connectivity index (χ2v) is 12.9. The van der Waals surface area contributed by atoms with Gasteiger partial charge in [-0.25, -0.2) is 4.39 Å². The van der Waals surface area contributed by atoms with Crippen LogP contribution in [0.5, 0.6) is 5.75 Å². The van der Waals surface area contributed by atoms with Gasteiger partial charge in [0.1, 0.15) is 23.9 Å². The number of carbonyl (C=O) groups is 1. The fraction of sp³-hybridized carbons (Fsp3) is 0.278. The fourth-order valence-electron chi connectivity index (χ4n) is 5.89. The highest BCUT2D eigenvalue weighted by molar-refractivity contribution is 6.01. The Hall–Kier alpha value is -5.09. The second-order valence-electron chi connectivity index (χ2n) is 12.9. The van der Waals surface area contributed by atoms with Crippen molar-refractivity contribution in [2.24, 2.45) is 5.41 Å². The van der Waals surface area contributed by atoms with E-state index in [0.29, 0.717) is 23.6 Å². The number of anilines is 1. The predicted octanol–water partition coefficient (Wildman–Crippen LogP) is 7.43. The molecule has 5 heterocycles. The lowest BCUT2D eigenvalue weighted by Gasteiger charge is -2.17. The monoisotopic (exact) mass is 617 g/mol.